The summed E-state index contributed by atoms with van der Waals surface area (Å²) in [7, 11) is -1.36. The van der Waals surface area contributed by atoms with E-state index in [1.165, 1.54) is 12.6 Å². The Kier molecular flexibility index (Phi) is 4.18. The van der Waals surface area contributed by atoms with Gasteiger partial charge < -0.3 is 9.88 Å². The van der Waals surface area contributed by atoms with Gasteiger partial charge in [-0.25, -0.2) is 18.4 Å². The van der Waals surface area contributed by atoms with Gasteiger partial charge in [-0.1, -0.05) is 0 Å². The van der Waals surface area contributed by atoms with Crippen LogP contribution in [0.3, 0.4) is 0 Å². The number of aryl methyl sites for hydroxylation is 1. The van der Waals surface area contributed by atoms with Crippen molar-refractivity contribution in [2.24, 2.45) is 7.05 Å². The number of aromatic nitrogens is 5. The molecule has 1 aromatic carbocycles. The molecule has 1 N–H and O–H groups in total. The molecule has 2 heterocycles. The van der Waals surface area contributed by atoms with Crippen LogP contribution in [0.25, 0.3) is 10.9 Å². The van der Waals surface area contributed by atoms with Crippen molar-refractivity contribution in [3.05, 3.63) is 36.2 Å². The van der Waals surface area contributed by atoms with Gasteiger partial charge in [0.1, 0.15) is 23.8 Å². The van der Waals surface area contributed by atoms with Crippen LogP contribution >= 0.6 is 0 Å². The fourth-order valence-electron chi connectivity index (χ4n) is 2.37. The van der Waals surface area contributed by atoms with Crippen molar-refractivity contribution in [3.8, 4) is 0 Å². The van der Waals surface area contributed by atoms with Crippen LogP contribution in [0.2, 0.25) is 0 Å². The number of nitrogens with zero attached hydrogens (tertiary/aromatic N) is 5. The molecule has 0 aliphatic rings. The summed E-state index contributed by atoms with van der Waals surface area (Å²) in [4.78, 5) is 8.65. The molecule has 0 saturated carbocycles. The Morgan fingerprint density at radius 3 is 2.67 bits per heavy atom. The number of nitrogens with one attached hydrogen (secondary N) is 1. The lowest BCUT2D eigenvalue weighted by Gasteiger charge is -2.09. The zero-order valence-corrected chi connectivity index (χ0v) is 14.5. The summed E-state index contributed by atoms with van der Waals surface area (Å²) >= 11 is 0. The van der Waals surface area contributed by atoms with Crippen molar-refractivity contribution in [3.63, 3.8) is 0 Å². The van der Waals surface area contributed by atoms with Gasteiger partial charge in [0, 0.05) is 31.7 Å². The molecule has 0 spiro atoms. The molecule has 0 fully saturated rings. The Hall–Kier alpha value is -2.55. The zero-order valence-electron chi connectivity index (χ0n) is 13.7. The first-order valence-electron chi connectivity index (χ1n) is 7.40. The van der Waals surface area contributed by atoms with Crippen molar-refractivity contribution < 1.29 is 8.42 Å². The minimum Gasteiger partial charge on any atom is -0.369 e. The fourth-order valence-corrected chi connectivity index (χ4v) is 3.02. The number of hydrogen-bond acceptors (Lipinski definition) is 7. The molecule has 3 aromatic rings. The van der Waals surface area contributed by atoms with E-state index in [2.05, 4.69) is 25.5 Å². The second-order valence-electron chi connectivity index (χ2n) is 5.57. The smallest absolute Gasteiger partial charge is 0.175 e. The van der Waals surface area contributed by atoms with E-state index in [4.69, 9.17) is 0 Å². The average Bonchev–Trinajstić information content (AvgIpc) is 2.86. The average molecular weight is 346 g/mol. The lowest BCUT2D eigenvalue weighted by atomic mass is 10.2. The minimum atomic E-state index is -3.28. The Bertz CT molecular complexity index is 996. The largest absolute Gasteiger partial charge is 0.369 e. The van der Waals surface area contributed by atoms with Crippen LogP contribution in [0.15, 0.2) is 29.4 Å². The first kappa shape index (κ1) is 16.3. The second-order valence-corrected chi connectivity index (χ2v) is 7.59. The van der Waals surface area contributed by atoms with Gasteiger partial charge in [-0.05, 0) is 25.1 Å². The number of benzene rings is 1. The van der Waals surface area contributed by atoms with E-state index in [-0.39, 0.29) is 4.90 Å². The first-order valence-corrected chi connectivity index (χ1v) is 9.29. The molecule has 2 aromatic heterocycles. The van der Waals surface area contributed by atoms with E-state index >= 15 is 0 Å². The summed E-state index contributed by atoms with van der Waals surface area (Å²) in [5.74, 6) is 2.33. The van der Waals surface area contributed by atoms with Crippen LogP contribution in [-0.4, -0.2) is 46.0 Å². The maximum atomic E-state index is 11.7. The summed E-state index contributed by atoms with van der Waals surface area (Å²) in [5, 5.41) is 12.0. The molecule has 24 heavy (non-hydrogen) atoms. The molecule has 0 aliphatic carbocycles. The Morgan fingerprint density at radius 1 is 1.21 bits per heavy atom. The summed E-state index contributed by atoms with van der Waals surface area (Å²) in [6.07, 6.45) is 3.31. The van der Waals surface area contributed by atoms with Crippen molar-refractivity contribution in [2.75, 3.05) is 18.1 Å². The summed E-state index contributed by atoms with van der Waals surface area (Å²) in [6.45, 7) is 2.50. The van der Waals surface area contributed by atoms with Crippen LogP contribution in [0.4, 0.5) is 5.82 Å². The van der Waals surface area contributed by atoms with E-state index in [9.17, 15) is 8.42 Å². The van der Waals surface area contributed by atoms with Gasteiger partial charge in [0.2, 0.25) is 0 Å². The number of fused-ring (bicyclic) bond motifs is 1. The highest BCUT2D eigenvalue weighted by Gasteiger charge is 2.11. The summed E-state index contributed by atoms with van der Waals surface area (Å²) in [6, 6.07) is 4.83. The molecule has 0 radical (unpaired) electrons. The highest BCUT2D eigenvalue weighted by Crippen LogP contribution is 2.22. The molecule has 8 nitrogen and oxygen atoms in total. The van der Waals surface area contributed by atoms with Gasteiger partial charge in [-0.3, -0.25) is 0 Å². The molecular formula is C15H18N6O2S. The highest BCUT2D eigenvalue weighted by molar-refractivity contribution is 7.90. The molecule has 9 heteroatoms. The molecular weight excluding hydrogens is 328 g/mol. The van der Waals surface area contributed by atoms with E-state index < -0.39 is 9.84 Å². The maximum Gasteiger partial charge on any atom is 0.175 e. The number of hydrogen-bond donors (Lipinski definition) is 1. The third-order valence-corrected chi connectivity index (χ3v) is 4.97. The molecule has 0 aliphatic heterocycles. The minimum absolute atomic E-state index is 0.247. The number of rotatable bonds is 5. The normalized spacial score (nSPS) is 11.8. The van der Waals surface area contributed by atoms with E-state index in [0.29, 0.717) is 29.7 Å². The van der Waals surface area contributed by atoms with Crippen molar-refractivity contribution in [1.82, 2.24) is 24.7 Å². The third-order valence-electron chi connectivity index (χ3n) is 3.86. The van der Waals surface area contributed by atoms with Gasteiger partial charge in [0.15, 0.2) is 9.84 Å². The second kappa shape index (κ2) is 6.16. The van der Waals surface area contributed by atoms with Gasteiger partial charge in [0.05, 0.1) is 10.4 Å². The topological polar surface area (TPSA) is 103 Å². The summed E-state index contributed by atoms with van der Waals surface area (Å²) < 4.78 is 25.4. The van der Waals surface area contributed by atoms with Crippen LogP contribution in [0.5, 0.6) is 0 Å². The first-order chi connectivity index (χ1) is 11.4. The van der Waals surface area contributed by atoms with Crippen molar-refractivity contribution in [1.29, 1.82) is 0 Å². The molecule has 0 atom stereocenters. The molecule has 0 unspecified atom stereocenters. The fraction of sp³-hybridized carbons (Fsp3) is 0.333. The zero-order chi connectivity index (χ0) is 17.3. The molecule has 0 bridgehead atoms. The number of anilines is 1. The summed E-state index contributed by atoms with van der Waals surface area (Å²) in [5.41, 5.74) is 0.689. The predicted octanol–water partition coefficient (Wildman–Crippen LogP) is 1.12. The van der Waals surface area contributed by atoms with Crippen LogP contribution in [0, 0.1) is 6.92 Å². The quantitative estimate of drug-likeness (QED) is 0.738. The maximum absolute atomic E-state index is 11.7. The number of sulfone groups is 1. The Morgan fingerprint density at radius 2 is 2.00 bits per heavy atom. The highest BCUT2D eigenvalue weighted by atomic mass is 32.2. The molecule has 0 amide bonds. The van der Waals surface area contributed by atoms with E-state index in [0.717, 1.165) is 11.6 Å². The SMILES string of the molecule is Cc1nnc(CCNc2ncnc3ccc(S(C)(=O)=O)cc23)n1C. The molecule has 0 saturated heterocycles. The van der Waals surface area contributed by atoms with Crippen molar-refractivity contribution >= 4 is 26.6 Å². The monoisotopic (exact) mass is 346 g/mol. The standard InChI is InChI=1S/C15H18N6O2S/c1-10-19-20-14(21(10)2)6-7-16-15-12-8-11(24(3,22)23)4-5-13(12)17-9-18-15/h4-5,8-9H,6-7H2,1-3H3,(H,16,17,18). The van der Waals surface area contributed by atoms with Gasteiger partial charge in [0.25, 0.3) is 0 Å². The molecule has 3 rings (SSSR count). The van der Waals surface area contributed by atoms with Gasteiger partial charge in [-0.15, -0.1) is 10.2 Å². The Labute approximate surface area is 139 Å². The van der Waals surface area contributed by atoms with Crippen LogP contribution in [0.1, 0.15) is 11.6 Å². The van der Waals surface area contributed by atoms with Crippen LogP contribution in [-0.2, 0) is 23.3 Å². The van der Waals surface area contributed by atoms with E-state index in [1.54, 1.807) is 18.2 Å². The Balaban J connectivity index is 1.85. The van der Waals surface area contributed by atoms with Gasteiger partial charge >= 0.3 is 0 Å². The lowest BCUT2D eigenvalue weighted by Crippen LogP contribution is -2.10. The lowest BCUT2D eigenvalue weighted by molar-refractivity contribution is 0.602. The third kappa shape index (κ3) is 3.21. The van der Waals surface area contributed by atoms with Crippen molar-refractivity contribution in [2.45, 2.75) is 18.2 Å². The van der Waals surface area contributed by atoms with Crippen LogP contribution < -0.4 is 5.32 Å². The molecule has 126 valence electrons. The van der Waals surface area contributed by atoms with Gasteiger partial charge in [-0.2, -0.15) is 0 Å². The predicted molar refractivity (Wildman–Crippen MR) is 90.6 cm³/mol. The van der Waals surface area contributed by atoms with E-state index in [1.807, 2.05) is 18.5 Å².